The highest BCUT2D eigenvalue weighted by molar-refractivity contribution is 5.86. The predicted octanol–water partition coefficient (Wildman–Crippen LogP) is 3.96. The number of aromatic amines is 1. The number of benzene rings is 1. The lowest BCUT2D eigenvalue weighted by atomic mass is 9.88. The number of hydrogen-bond donors (Lipinski definition) is 2. The maximum absolute atomic E-state index is 14.2. The van der Waals surface area contributed by atoms with E-state index in [0.29, 0.717) is 19.6 Å². The molecule has 4 heterocycles. The number of nitrogens with zero attached hydrogens (tertiary/aromatic N) is 4. The van der Waals surface area contributed by atoms with Crippen LogP contribution in [0.1, 0.15) is 40.9 Å². The summed E-state index contributed by atoms with van der Waals surface area (Å²) in [6.45, 7) is 5.92. The Hall–Kier alpha value is -3.03. The van der Waals surface area contributed by atoms with Gasteiger partial charge in [-0.2, -0.15) is 5.10 Å². The minimum Gasteiger partial charge on any atom is -0.394 e. The Balaban J connectivity index is 1.79. The van der Waals surface area contributed by atoms with E-state index in [2.05, 4.69) is 34.9 Å². The lowest BCUT2D eigenvalue weighted by Gasteiger charge is -2.23. The van der Waals surface area contributed by atoms with Gasteiger partial charge in [0.1, 0.15) is 11.5 Å². The second-order valence-corrected chi connectivity index (χ2v) is 8.46. The first-order chi connectivity index (χ1) is 15.0. The molecular formula is C24H26FN5O. The second-order valence-electron chi connectivity index (χ2n) is 8.46. The highest BCUT2D eigenvalue weighted by Crippen LogP contribution is 2.37. The molecule has 31 heavy (non-hydrogen) atoms. The van der Waals surface area contributed by atoms with Crippen molar-refractivity contribution in [2.24, 2.45) is 0 Å². The predicted molar refractivity (Wildman–Crippen MR) is 118 cm³/mol. The molecule has 1 atom stereocenters. The van der Waals surface area contributed by atoms with Gasteiger partial charge >= 0.3 is 0 Å². The molecule has 2 N–H and O–H groups in total. The van der Waals surface area contributed by atoms with Crippen LogP contribution in [0.15, 0.2) is 36.7 Å². The Morgan fingerprint density at radius 2 is 2.06 bits per heavy atom. The molecule has 2 bridgehead atoms. The van der Waals surface area contributed by atoms with Crippen LogP contribution in [-0.4, -0.2) is 43.4 Å². The maximum atomic E-state index is 14.2. The normalized spacial score (nSPS) is 16.7. The number of fused-ring (bicyclic) bond motifs is 4. The van der Waals surface area contributed by atoms with Crippen molar-refractivity contribution in [3.8, 4) is 11.1 Å². The first kappa shape index (κ1) is 19.9. The Bertz CT molecular complexity index is 1270. The van der Waals surface area contributed by atoms with Crippen molar-refractivity contribution in [2.75, 3.05) is 13.7 Å². The Morgan fingerprint density at radius 1 is 1.23 bits per heavy atom. The monoisotopic (exact) mass is 419 g/mol. The molecule has 5 rings (SSSR count). The fourth-order valence-electron chi connectivity index (χ4n) is 4.85. The molecule has 4 aromatic rings. The molecule has 0 fully saturated rings. The topological polar surface area (TPSA) is 70.0 Å². The van der Waals surface area contributed by atoms with Gasteiger partial charge in [-0.1, -0.05) is 13.0 Å². The fourth-order valence-corrected chi connectivity index (χ4v) is 4.85. The molecule has 7 heteroatoms. The van der Waals surface area contributed by atoms with Gasteiger partial charge in [0.05, 0.1) is 24.5 Å². The first-order valence-electron chi connectivity index (χ1n) is 10.6. The van der Waals surface area contributed by atoms with Gasteiger partial charge in [0.2, 0.25) is 0 Å². The van der Waals surface area contributed by atoms with Gasteiger partial charge in [-0.25, -0.2) is 9.37 Å². The summed E-state index contributed by atoms with van der Waals surface area (Å²) < 4.78 is 16.1. The van der Waals surface area contributed by atoms with E-state index in [0.717, 1.165) is 50.2 Å². The zero-order chi connectivity index (χ0) is 21.7. The van der Waals surface area contributed by atoms with Crippen LogP contribution in [0, 0.1) is 12.7 Å². The highest BCUT2D eigenvalue weighted by atomic mass is 19.1. The van der Waals surface area contributed by atoms with E-state index >= 15 is 0 Å². The van der Waals surface area contributed by atoms with Crippen molar-refractivity contribution < 1.29 is 9.50 Å². The van der Waals surface area contributed by atoms with E-state index < -0.39 is 0 Å². The van der Waals surface area contributed by atoms with Crippen LogP contribution >= 0.6 is 0 Å². The molecule has 0 saturated carbocycles. The summed E-state index contributed by atoms with van der Waals surface area (Å²) in [5.41, 5.74) is 8.04. The van der Waals surface area contributed by atoms with Gasteiger partial charge in [0, 0.05) is 47.9 Å². The number of aliphatic hydroxyl groups excluding tert-OH is 1. The van der Waals surface area contributed by atoms with Crippen molar-refractivity contribution in [3.63, 3.8) is 0 Å². The average molecular weight is 420 g/mol. The van der Waals surface area contributed by atoms with Crippen LogP contribution in [0.25, 0.3) is 22.2 Å². The lowest BCUT2D eigenvalue weighted by Crippen LogP contribution is -2.22. The molecular weight excluding hydrogens is 393 g/mol. The molecule has 1 aliphatic rings. The van der Waals surface area contributed by atoms with Crippen LogP contribution in [0.3, 0.4) is 0 Å². The van der Waals surface area contributed by atoms with E-state index in [1.54, 1.807) is 6.07 Å². The standard InChI is InChI=1S/C24H26FN5O/c1-14-19-9-18(25)5-4-16(19)12-29(3)13-22-23(15(2)28-30(22)6-7-31)17-8-20-21(14)11-27-24(20)26-10-17/h4-5,8-11,14,31H,6-7,12-13H2,1-3H3,(H,26,27)/t14-/m1/s1. The van der Waals surface area contributed by atoms with Crippen molar-refractivity contribution in [1.29, 1.82) is 0 Å². The van der Waals surface area contributed by atoms with Gasteiger partial charge in [-0.15, -0.1) is 0 Å². The molecule has 3 aromatic heterocycles. The number of aromatic nitrogens is 4. The van der Waals surface area contributed by atoms with Crippen molar-refractivity contribution >= 4 is 11.0 Å². The largest absolute Gasteiger partial charge is 0.394 e. The smallest absolute Gasteiger partial charge is 0.137 e. The number of aryl methyl sites for hydroxylation is 1. The summed E-state index contributed by atoms with van der Waals surface area (Å²) in [7, 11) is 2.06. The van der Waals surface area contributed by atoms with Crippen molar-refractivity contribution in [2.45, 2.75) is 39.4 Å². The summed E-state index contributed by atoms with van der Waals surface area (Å²) in [5, 5.41) is 15.3. The van der Waals surface area contributed by atoms with Crippen molar-refractivity contribution in [1.82, 2.24) is 24.6 Å². The summed E-state index contributed by atoms with van der Waals surface area (Å²) >= 11 is 0. The lowest BCUT2D eigenvalue weighted by molar-refractivity contribution is 0.257. The Morgan fingerprint density at radius 3 is 2.87 bits per heavy atom. The molecule has 0 amide bonds. The second kappa shape index (κ2) is 7.59. The first-order valence-corrected chi connectivity index (χ1v) is 10.6. The number of rotatable bonds is 2. The SMILES string of the molecule is Cc1nn(CCO)c2c1-c1cnc3[nH]cc(c3c1)[C@H](C)c1cc(F)ccc1CN(C)C2. The molecule has 0 aliphatic carbocycles. The van der Waals surface area contributed by atoms with Crippen LogP contribution < -0.4 is 0 Å². The van der Waals surface area contributed by atoms with Gasteiger partial charge in [-0.05, 0) is 48.9 Å². The summed E-state index contributed by atoms with van der Waals surface area (Å²) in [4.78, 5) is 10.2. The van der Waals surface area contributed by atoms with E-state index in [9.17, 15) is 9.50 Å². The average Bonchev–Trinajstić information content (AvgIpc) is 3.29. The summed E-state index contributed by atoms with van der Waals surface area (Å²) in [6.07, 6.45) is 3.86. The van der Waals surface area contributed by atoms with Gasteiger partial charge in [0.25, 0.3) is 0 Å². The number of pyridine rings is 1. The molecule has 160 valence electrons. The van der Waals surface area contributed by atoms with E-state index in [1.807, 2.05) is 30.1 Å². The zero-order valence-electron chi connectivity index (χ0n) is 18.0. The minimum atomic E-state index is -0.224. The van der Waals surface area contributed by atoms with Crippen LogP contribution in [0.5, 0.6) is 0 Å². The van der Waals surface area contributed by atoms with Crippen LogP contribution in [0.4, 0.5) is 4.39 Å². The van der Waals surface area contributed by atoms with E-state index in [4.69, 9.17) is 5.10 Å². The molecule has 1 aromatic carbocycles. The molecule has 1 aliphatic heterocycles. The molecule has 0 saturated heterocycles. The van der Waals surface area contributed by atoms with E-state index in [1.165, 1.54) is 6.07 Å². The Labute approximate surface area is 180 Å². The zero-order valence-corrected chi connectivity index (χ0v) is 18.0. The summed E-state index contributed by atoms with van der Waals surface area (Å²) in [5.74, 6) is -0.208. The van der Waals surface area contributed by atoms with Crippen LogP contribution in [-0.2, 0) is 19.6 Å². The maximum Gasteiger partial charge on any atom is 0.137 e. The molecule has 6 nitrogen and oxygen atoms in total. The third-order valence-corrected chi connectivity index (χ3v) is 6.30. The fraction of sp³-hybridized carbons (Fsp3) is 0.333. The Kier molecular flexibility index (Phi) is 4.87. The van der Waals surface area contributed by atoms with E-state index in [-0.39, 0.29) is 18.3 Å². The molecule has 0 unspecified atom stereocenters. The molecule has 0 radical (unpaired) electrons. The number of hydrogen-bond acceptors (Lipinski definition) is 4. The third kappa shape index (κ3) is 3.34. The highest BCUT2D eigenvalue weighted by Gasteiger charge is 2.24. The number of H-pyrrole nitrogens is 1. The van der Waals surface area contributed by atoms with Gasteiger partial charge in [-0.3, -0.25) is 9.58 Å². The van der Waals surface area contributed by atoms with Gasteiger partial charge < -0.3 is 10.1 Å². The van der Waals surface area contributed by atoms with Gasteiger partial charge in [0.15, 0.2) is 0 Å². The minimum absolute atomic E-state index is 0.0157. The summed E-state index contributed by atoms with van der Waals surface area (Å²) in [6, 6.07) is 7.23. The number of nitrogens with one attached hydrogen (secondary N) is 1. The van der Waals surface area contributed by atoms with Crippen molar-refractivity contribution in [3.05, 3.63) is 70.6 Å². The van der Waals surface area contributed by atoms with Crippen LogP contribution in [0.2, 0.25) is 0 Å². The quantitative estimate of drug-likeness (QED) is 0.516. The number of halogens is 1. The number of aliphatic hydroxyl groups is 1. The third-order valence-electron chi connectivity index (χ3n) is 6.30. The molecule has 0 spiro atoms.